The van der Waals surface area contributed by atoms with Crippen LogP contribution in [0.2, 0.25) is 0 Å². The van der Waals surface area contributed by atoms with Crippen LogP contribution in [0.25, 0.3) is 0 Å². The van der Waals surface area contributed by atoms with Crippen LogP contribution in [0.4, 0.5) is 0 Å². The smallest absolute Gasteiger partial charge is 0.0589 e. The monoisotopic (exact) mass is 199 g/mol. The predicted molar refractivity (Wildman–Crippen MR) is 62.5 cm³/mol. The van der Waals surface area contributed by atoms with Gasteiger partial charge in [-0.2, -0.15) is 0 Å². The fourth-order valence-corrected chi connectivity index (χ4v) is 1.45. The van der Waals surface area contributed by atoms with Gasteiger partial charge in [-0.1, -0.05) is 32.9 Å². The Morgan fingerprint density at radius 2 is 1.86 bits per heavy atom. The zero-order valence-corrected chi connectivity index (χ0v) is 9.92. The van der Waals surface area contributed by atoms with E-state index in [1.165, 1.54) is 0 Å². The maximum Gasteiger partial charge on any atom is 0.0589 e. The zero-order valence-electron chi connectivity index (χ0n) is 9.92. The molecule has 0 radical (unpaired) electrons. The van der Waals surface area contributed by atoms with Crippen LogP contribution in [0.15, 0.2) is 12.2 Å². The molecule has 0 spiro atoms. The van der Waals surface area contributed by atoms with Gasteiger partial charge in [0.25, 0.3) is 0 Å². The number of hydrogen-bond donors (Lipinski definition) is 1. The first-order chi connectivity index (χ1) is 6.63. The van der Waals surface area contributed by atoms with Gasteiger partial charge in [-0.3, -0.25) is 0 Å². The minimum atomic E-state index is -0.206. The van der Waals surface area contributed by atoms with Crippen molar-refractivity contribution < 1.29 is 5.11 Å². The van der Waals surface area contributed by atoms with E-state index in [0.717, 1.165) is 44.5 Å². The summed E-state index contributed by atoms with van der Waals surface area (Å²) < 4.78 is 0. The van der Waals surface area contributed by atoms with Gasteiger partial charge >= 0.3 is 0 Å². The first-order valence-electron chi connectivity index (χ1n) is 5.71. The van der Waals surface area contributed by atoms with Gasteiger partial charge in [-0.05, 0) is 32.4 Å². The molecule has 0 aliphatic carbocycles. The van der Waals surface area contributed by atoms with Gasteiger partial charge in [-0.15, -0.1) is 0 Å². The summed E-state index contributed by atoms with van der Waals surface area (Å²) in [6.07, 6.45) is 2.39. The summed E-state index contributed by atoms with van der Waals surface area (Å²) in [6.45, 7) is 13.4. The van der Waals surface area contributed by atoms with E-state index in [-0.39, 0.29) is 6.10 Å². The number of aliphatic hydroxyl groups excluding tert-OH is 1. The van der Waals surface area contributed by atoms with Crippen molar-refractivity contribution in [2.24, 2.45) is 0 Å². The molecule has 14 heavy (non-hydrogen) atoms. The predicted octanol–water partition coefficient (Wildman–Crippen LogP) is 2.44. The highest BCUT2D eigenvalue weighted by Gasteiger charge is 2.07. The van der Waals surface area contributed by atoms with E-state index in [0.29, 0.717) is 0 Å². The molecule has 0 aliphatic heterocycles. The summed E-state index contributed by atoms with van der Waals surface area (Å²) in [6, 6.07) is 0. The Morgan fingerprint density at radius 1 is 1.29 bits per heavy atom. The largest absolute Gasteiger partial charge is 0.393 e. The summed E-state index contributed by atoms with van der Waals surface area (Å²) in [5.41, 5.74) is 1.15. The highest BCUT2D eigenvalue weighted by Crippen LogP contribution is 2.09. The van der Waals surface area contributed by atoms with Crippen molar-refractivity contribution in [3.8, 4) is 0 Å². The molecule has 2 nitrogen and oxygen atoms in total. The van der Waals surface area contributed by atoms with E-state index in [2.05, 4.69) is 32.3 Å². The molecule has 0 rings (SSSR count). The second-order valence-corrected chi connectivity index (χ2v) is 3.78. The third-order valence-electron chi connectivity index (χ3n) is 2.70. The molecule has 0 heterocycles. The maximum absolute atomic E-state index is 9.70. The van der Waals surface area contributed by atoms with Gasteiger partial charge in [0.1, 0.15) is 0 Å². The molecular weight excluding hydrogens is 174 g/mol. The molecule has 0 aromatic rings. The molecule has 1 N–H and O–H groups in total. The van der Waals surface area contributed by atoms with E-state index in [9.17, 15) is 5.11 Å². The number of rotatable bonds is 8. The van der Waals surface area contributed by atoms with Crippen molar-refractivity contribution in [3.05, 3.63) is 12.2 Å². The fourth-order valence-electron chi connectivity index (χ4n) is 1.45. The van der Waals surface area contributed by atoms with Crippen LogP contribution in [0, 0.1) is 0 Å². The average Bonchev–Trinajstić information content (AvgIpc) is 2.19. The average molecular weight is 199 g/mol. The molecule has 0 saturated heterocycles. The lowest BCUT2D eigenvalue weighted by Crippen LogP contribution is -2.27. The second-order valence-electron chi connectivity index (χ2n) is 3.78. The second kappa shape index (κ2) is 8.01. The van der Waals surface area contributed by atoms with Crippen LogP contribution in [0.1, 0.15) is 40.0 Å². The lowest BCUT2D eigenvalue weighted by Gasteiger charge is -2.20. The van der Waals surface area contributed by atoms with Crippen LogP contribution in [0.3, 0.4) is 0 Å². The molecular formula is C12H25NO. The maximum atomic E-state index is 9.70. The first-order valence-corrected chi connectivity index (χ1v) is 5.71. The van der Waals surface area contributed by atoms with Gasteiger partial charge in [0.15, 0.2) is 0 Å². The fraction of sp³-hybridized carbons (Fsp3) is 0.833. The molecule has 0 bridgehead atoms. The van der Waals surface area contributed by atoms with E-state index in [4.69, 9.17) is 0 Å². The van der Waals surface area contributed by atoms with E-state index in [1.54, 1.807) is 0 Å². The molecule has 0 aliphatic rings. The summed E-state index contributed by atoms with van der Waals surface area (Å²) in [5.74, 6) is 0. The number of hydrogen-bond acceptors (Lipinski definition) is 2. The van der Waals surface area contributed by atoms with E-state index < -0.39 is 0 Å². The minimum Gasteiger partial charge on any atom is -0.393 e. The van der Waals surface area contributed by atoms with Crippen molar-refractivity contribution >= 4 is 0 Å². The van der Waals surface area contributed by atoms with Gasteiger partial charge < -0.3 is 10.0 Å². The molecule has 84 valence electrons. The molecule has 0 aromatic heterocycles. The lowest BCUT2D eigenvalue weighted by atomic mass is 10.1. The standard InChI is InChI=1S/C12H25NO/c1-5-11(4)10-12(14)8-9-13(6-2)7-3/h12,14H,4-10H2,1-3H3. The molecule has 1 unspecified atom stereocenters. The zero-order chi connectivity index (χ0) is 11.0. The van der Waals surface area contributed by atoms with Crippen molar-refractivity contribution in [1.82, 2.24) is 4.90 Å². The number of nitrogens with zero attached hydrogens (tertiary/aromatic N) is 1. The van der Waals surface area contributed by atoms with Crippen LogP contribution in [-0.4, -0.2) is 35.7 Å². The topological polar surface area (TPSA) is 23.5 Å². The molecule has 2 heteroatoms. The van der Waals surface area contributed by atoms with Crippen molar-refractivity contribution in [1.29, 1.82) is 0 Å². The van der Waals surface area contributed by atoms with Gasteiger partial charge in [0.2, 0.25) is 0 Å². The Labute approximate surface area is 88.6 Å². The Morgan fingerprint density at radius 3 is 2.29 bits per heavy atom. The highest BCUT2D eigenvalue weighted by atomic mass is 16.3. The van der Waals surface area contributed by atoms with Crippen molar-refractivity contribution in [3.63, 3.8) is 0 Å². The third kappa shape index (κ3) is 6.17. The molecule has 1 atom stereocenters. The molecule has 0 fully saturated rings. The van der Waals surface area contributed by atoms with Crippen LogP contribution < -0.4 is 0 Å². The third-order valence-corrected chi connectivity index (χ3v) is 2.70. The normalized spacial score (nSPS) is 13.2. The van der Waals surface area contributed by atoms with Gasteiger partial charge in [0, 0.05) is 6.54 Å². The van der Waals surface area contributed by atoms with Gasteiger partial charge in [0.05, 0.1) is 6.10 Å². The lowest BCUT2D eigenvalue weighted by molar-refractivity contribution is 0.143. The first kappa shape index (κ1) is 13.7. The van der Waals surface area contributed by atoms with Crippen LogP contribution in [0.5, 0.6) is 0 Å². The van der Waals surface area contributed by atoms with Crippen LogP contribution >= 0.6 is 0 Å². The molecule has 0 saturated carbocycles. The Balaban J connectivity index is 3.61. The van der Waals surface area contributed by atoms with Gasteiger partial charge in [-0.25, -0.2) is 0 Å². The van der Waals surface area contributed by atoms with E-state index in [1.807, 2.05) is 0 Å². The highest BCUT2D eigenvalue weighted by molar-refractivity contribution is 4.94. The molecule has 0 aromatic carbocycles. The Kier molecular flexibility index (Phi) is 7.81. The SMILES string of the molecule is C=C(CC)CC(O)CCN(CC)CC. The summed E-state index contributed by atoms with van der Waals surface area (Å²) in [5, 5.41) is 9.70. The number of aliphatic hydroxyl groups is 1. The van der Waals surface area contributed by atoms with Crippen molar-refractivity contribution in [2.75, 3.05) is 19.6 Å². The Hall–Kier alpha value is -0.340. The van der Waals surface area contributed by atoms with Crippen LogP contribution in [-0.2, 0) is 0 Å². The summed E-state index contributed by atoms with van der Waals surface area (Å²) in [4.78, 5) is 2.33. The Bertz CT molecular complexity index is 152. The van der Waals surface area contributed by atoms with E-state index >= 15 is 0 Å². The molecule has 0 amide bonds. The quantitative estimate of drug-likeness (QED) is 0.607. The van der Waals surface area contributed by atoms with Crippen molar-refractivity contribution in [2.45, 2.75) is 46.1 Å². The summed E-state index contributed by atoms with van der Waals surface area (Å²) in [7, 11) is 0. The minimum absolute atomic E-state index is 0.206. The summed E-state index contributed by atoms with van der Waals surface area (Å²) >= 11 is 0.